The molecule has 0 aromatic heterocycles. The van der Waals surface area contributed by atoms with E-state index in [1.165, 1.54) is 0 Å². The number of benzene rings is 1. The Labute approximate surface area is 164 Å². The first-order chi connectivity index (χ1) is 13.0. The number of hydrogen-bond donors (Lipinski definition) is 1. The number of ether oxygens (including phenoxy) is 2. The van der Waals surface area contributed by atoms with Gasteiger partial charge in [0, 0.05) is 6.61 Å². The van der Waals surface area contributed by atoms with Crippen LogP contribution >= 0.6 is 0 Å². The number of anilines is 1. The fraction of sp³-hybridized carbons (Fsp3) is 0.636. The first-order valence-corrected chi connectivity index (χ1v) is 10.1. The van der Waals surface area contributed by atoms with Crippen molar-refractivity contribution >= 4 is 11.6 Å². The van der Waals surface area contributed by atoms with Crippen LogP contribution in [0.4, 0.5) is 5.69 Å². The number of carbonyl (C=O) groups excluding carboxylic acids is 1. The van der Waals surface area contributed by atoms with E-state index < -0.39 is 5.60 Å². The number of nitriles is 1. The molecule has 0 aliphatic heterocycles. The van der Waals surface area contributed by atoms with Gasteiger partial charge in [0.15, 0.2) is 0 Å². The van der Waals surface area contributed by atoms with Crippen LogP contribution in [0.1, 0.15) is 78.2 Å². The van der Waals surface area contributed by atoms with Gasteiger partial charge < -0.3 is 14.8 Å². The molecule has 0 bridgehead atoms. The topological polar surface area (TPSA) is 71.3 Å². The van der Waals surface area contributed by atoms with Crippen LogP contribution in [0.5, 0.6) is 5.75 Å². The maximum absolute atomic E-state index is 12.9. The standard InChI is InChI=1S/C22H34N2O3/c1-5-8-10-13-22(4,27-14-7-3)21(25)24-20-12-11-19(16-18(20)17-23)26-15-9-6-2/h11-12,16H,5-10,13-15H2,1-4H3,(H,24,25)/t22-/m1/s1. The lowest BCUT2D eigenvalue weighted by molar-refractivity contribution is -0.140. The van der Waals surface area contributed by atoms with Crippen molar-refractivity contribution in [2.45, 2.75) is 78.2 Å². The highest BCUT2D eigenvalue weighted by molar-refractivity contribution is 5.98. The van der Waals surface area contributed by atoms with Crippen molar-refractivity contribution in [3.8, 4) is 11.8 Å². The van der Waals surface area contributed by atoms with Crippen LogP contribution < -0.4 is 10.1 Å². The number of carbonyl (C=O) groups is 1. The lowest BCUT2D eigenvalue weighted by atomic mass is 9.96. The van der Waals surface area contributed by atoms with Crippen LogP contribution in [0.15, 0.2) is 18.2 Å². The summed E-state index contributed by atoms with van der Waals surface area (Å²) in [7, 11) is 0. The number of nitrogens with one attached hydrogen (secondary N) is 1. The Morgan fingerprint density at radius 1 is 1.11 bits per heavy atom. The molecule has 0 unspecified atom stereocenters. The highest BCUT2D eigenvalue weighted by Gasteiger charge is 2.34. The molecule has 0 spiro atoms. The number of rotatable bonds is 13. The molecule has 1 amide bonds. The van der Waals surface area contributed by atoms with Crippen molar-refractivity contribution in [1.82, 2.24) is 0 Å². The Kier molecular flexibility index (Phi) is 10.5. The summed E-state index contributed by atoms with van der Waals surface area (Å²) in [5.74, 6) is 0.439. The van der Waals surface area contributed by atoms with E-state index in [9.17, 15) is 10.1 Å². The summed E-state index contributed by atoms with van der Waals surface area (Å²) in [6.45, 7) is 9.24. The number of amides is 1. The van der Waals surface area contributed by atoms with Gasteiger partial charge in [-0.15, -0.1) is 0 Å². The zero-order valence-corrected chi connectivity index (χ0v) is 17.3. The quantitative estimate of drug-likeness (QED) is 0.467. The fourth-order valence-electron chi connectivity index (χ4n) is 2.69. The molecule has 0 radical (unpaired) electrons. The van der Waals surface area contributed by atoms with E-state index in [4.69, 9.17) is 9.47 Å². The van der Waals surface area contributed by atoms with Crippen LogP contribution in [0.3, 0.4) is 0 Å². The van der Waals surface area contributed by atoms with Gasteiger partial charge in [-0.25, -0.2) is 0 Å². The van der Waals surface area contributed by atoms with Crippen molar-refractivity contribution in [2.75, 3.05) is 18.5 Å². The molecule has 150 valence electrons. The van der Waals surface area contributed by atoms with Crippen LogP contribution in [-0.4, -0.2) is 24.7 Å². The Morgan fingerprint density at radius 3 is 2.48 bits per heavy atom. The van der Waals surface area contributed by atoms with Crippen molar-refractivity contribution < 1.29 is 14.3 Å². The fourth-order valence-corrected chi connectivity index (χ4v) is 2.69. The van der Waals surface area contributed by atoms with E-state index in [0.29, 0.717) is 36.6 Å². The van der Waals surface area contributed by atoms with Crippen molar-refractivity contribution in [1.29, 1.82) is 5.26 Å². The summed E-state index contributed by atoms with van der Waals surface area (Å²) in [4.78, 5) is 12.9. The van der Waals surface area contributed by atoms with Crippen LogP contribution in [0, 0.1) is 11.3 Å². The summed E-state index contributed by atoms with van der Waals surface area (Å²) in [5.41, 5.74) is -0.00954. The van der Waals surface area contributed by atoms with Gasteiger partial charge in [0.25, 0.3) is 5.91 Å². The Hall–Kier alpha value is -2.06. The number of nitrogens with zero attached hydrogens (tertiary/aromatic N) is 1. The van der Waals surface area contributed by atoms with E-state index >= 15 is 0 Å². The van der Waals surface area contributed by atoms with Crippen LogP contribution in [0.25, 0.3) is 0 Å². The number of hydrogen-bond acceptors (Lipinski definition) is 4. The molecule has 1 aromatic rings. The zero-order chi connectivity index (χ0) is 20.1. The second-order valence-electron chi connectivity index (χ2n) is 7.01. The van der Waals surface area contributed by atoms with E-state index in [1.54, 1.807) is 18.2 Å². The minimum Gasteiger partial charge on any atom is -0.494 e. The molecule has 5 nitrogen and oxygen atoms in total. The van der Waals surface area contributed by atoms with Gasteiger partial charge in [0.05, 0.1) is 17.9 Å². The SMILES string of the molecule is CCCCC[C@@](C)(OCCC)C(=O)Nc1ccc(OCCCC)cc1C#N. The highest BCUT2D eigenvalue weighted by Crippen LogP contribution is 2.26. The molecular weight excluding hydrogens is 340 g/mol. The van der Waals surface area contributed by atoms with Gasteiger partial charge in [-0.3, -0.25) is 4.79 Å². The van der Waals surface area contributed by atoms with Gasteiger partial charge >= 0.3 is 0 Å². The Balaban J connectivity index is 2.88. The largest absolute Gasteiger partial charge is 0.494 e. The van der Waals surface area contributed by atoms with E-state index in [1.807, 2.05) is 13.8 Å². The lowest BCUT2D eigenvalue weighted by Gasteiger charge is -2.29. The molecule has 0 heterocycles. The molecule has 0 fully saturated rings. The normalized spacial score (nSPS) is 12.9. The van der Waals surface area contributed by atoms with Gasteiger partial charge in [0.1, 0.15) is 17.4 Å². The van der Waals surface area contributed by atoms with E-state index in [0.717, 1.165) is 38.5 Å². The van der Waals surface area contributed by atoms with Crippen LogP contribution in [-0.2, 0) is 9.53 Å². The average molecular weight is 375 g/mol. The van der Waals surface area contributed by atoms with Crippen molar-refractivity contribution in [3.05, 3.63) is 23.8 Å². The molecule has 0 saturated heterocycles. The lowest BCUT2D eigenvalue weighted by Crippen LogP contribution is -2.43. The average Bonchev–Trinajstić information content (AvgIpc) is 2.67. The van der Waals surface area contributed by atoms with Gasteiger partial charge in [-0.05, 0) is 44.4 Å². The molecule has 1 rings (SSSR count). The van der Waals surface area contributed by atoms with E-state index in [2.05, 4.69) is 25.2 Å². The Morgan fingerprint density at radius 2 is 1.85 bits per heavy atom. The molecule has 0 saturated carbocycles. The summed E-state index contributed by atoms with van der Waals surface area (Å²) >= 11 is 0. The second kappa shape index (κ2) is 12.3. The minimum absolute atomic E-state index is 0.205. The molecule has 5 heteroatoms. The summed E-state index contributed by atoms with van der Waals surface area (Å²) in [6, 6.07) is 7.33. The molecular formula is C22H34N2O3. The maximum Gasteiger partial charge on any atom is 0.256 e. The zero-order valence-electron chi connectivity index (χ0n) is 17.3. The first kappa shape index (κ1) is 23.0. The third-order valence-corrected chi connectivity index (χ3v) is 4.49. The molecule has 0 aliphatic carbocycles. The molecule has 27 heavy (non-hydrogen) atoms. The summed E-state index contributed by atoms with van der Waals surface area (Å²) in [6.07, 6.45) is 6.60. The minimum atomic E-state index is -0.895. The molecule has 1 N–H and O–H groups in total. The van der Waals surface area contributed by atoms with Crippen LogP contribution in [0.2, 0.25) is 0 Å². The summed E-state index contributed by atoms with van der Waals surface area (Å²) < 4.78 is 11.5. The van der Waals surface area contributed by atoms with Crippen molar-refractivity contribution in [3.63, 3.8) is 0 Å². The smallest absolute Gasteiger partial charge is 0.256 e. The predicted octanol–water partition coefficient (Wildman–Crippen LogP) is 5.44. The van der Waals surface area contributed by atoms with Crippen molar-refractivity contribution in [2.24, 2.45) is 0 Å². The van der Waals surface area contributed by atoms with Gasteiger partial charge in [0.2, 0.25) is 0 Å². The maximum atomic E-state index is 12.9. The summed E-state index contributed by atoms with van der Waals surface area (Å²) in [5, 5.41) is 12.3. The monoisotopic (exact) mass is 374 g/mol. The van der Waals surface area contributed by atoms with Gasteiger partial charge in [-0.1, -0.05) is 46.5 Å². The second-order valence-corrected chi connectivity index (χ2v) is 7.01. The third-order valence-electron chi connectivity index (χ3n) is 4.49. The third kappa shape index (κ3) is 7.60. The highest BCUT2D eigenvalue weighted by atomic mass is 16.5. The van der Waals surface area contributed by atoms with E-state index in [-0.39, 0.29) is 5.91 Å². The molecule has 0 aliphatic rings. The first-order valence-electron chi connectivity index (χ1n) is 10.1. The van der Waals surface area contributed by atoms with Gasteiger partial charge in [-0.2, -0.15) is 5.26 Å². The predicted molar refractivity (Wildman–Crippen MR) is 109 cm³/mol. The Bertz CT molecular complexity index is 624. The number of unbranched alkanes of at least 4 members (excludes halogenated alkanes) is 3. The molecule has 1 atom stereocenters. The molecule has 1 aromatic carbocycles.